The van der Waals surface area contributed by atoms with Crippen LogP contribution in [0.3, 0.4) is 0 Å². The molecule has 2 aromatic heterocycles. The monoisotopic (exact) mass is 452 g/mol. The number of anilines is 1. The van der Waals surface area contributed by atoms with Gasteiger partial charge < -0.3 is 4.74 Å². The number of carbonyl (C=O) groups excluding carboxylic acids is 1. The summed E-state index contributed by atoms with van der Waals surface area (Å²) in [6, 6.07) is 15.4. The van der Waals surface area contributed by atoms with Gasteiger partial charge in [-0.2, -0.15) is 0 Å². The Morgan fingerprint density at radius 3 is 2.84 bits per heavy atom. The molecule has 6 nitrogen and oxygen atoms in total. The number of nitrogens with zero attached hydrogens (tertiary/aromatic N) is 3. The average molecular weight is 453 g/mol. The summed E-state index contributed by atoms with van der Waals surface area (Å²) in [5.41, 5.74) is 4.23. The maximum absolute atomic E-state index is 12.6. The highest BCUT2D eigenvalue weighted by molar-refractivity contribution is 7.12. The van der Waals surface area contributed by atoms with Crippen LogP contribution in [0.4, 0.5) is 5.95 Å². The first-order valence-corrected chi connectivity index (χ1v) is 10.9. The number of thiophene rings is 1. The van der Waals surface area contributed by atoms with Crippen LogP contribution in [0.1, 0.15) is 31.9 Å². The van der Waals surface area contributed by atoms with Crippen LogP contribution in [-0.2, 0) is 13.2 Å². The second-order valence-electron chi connectivity index (χ2n) is 7.23. The summed E-state index contributed by atoms with van der Waals surface area (Å²) in [6.45, 7) is 4.99. The van der Waals surface area contributed by atoms with Crippen LogP contribution in [0.15, 0.2) is 60.2 Å². The number of carbonyl (C=O) groups is 1. The van der Waals surface area contributed by atoms with Crippen molar-refractivity contribution in [3.63, 3.8) is 0 Å². The summed E-state index contributed by atoms with van der Waals surface area (Å²) >= 11 is 7.38. The molecule has 31 heavy (non-hydrogen) atoms. The molecule has 0 saturated carbocycles. The predicted molar refractivity (Wildman–Crippen MR) is 123 cm³/mol. The molecule has 0 atom stereocenters. The summed E-state index contributed by atoms with van der Waals surface area (Å²) in [5.74, 6) is 0.856. The number of amides is 1. The minimum Gasteiger partial charge on any atom is -0.489 e. The number of hydrogen-bond acceptors (Lipinski definition) is 5. The van der Waals surface area contributed by atoms with E-state index in [0.717, 1.165) is 22.4 Å². The van der Waals surface area contributed by atoms with Crippen molar-refractivity contribution in [2.45, 2.75) is 27.0 Å². The molecule has 2 aromatic carbocycles. The Bertz CT molecular complexity index is 1220. The third-order valence-corrected chi connectivity index (χ3v) is 5.81. The topological polar surface area (TPSA) is 69.0 Å². The molecule has 0 saturated heterocycles. The number of halogens is 1. The van der Waals surface area contributed by atoms with Crippen LogP contribution in [0.5, 0.6) is 5.75 Å². The van der Waals surface area contributed by atoms with E-state index in [1.165, 1.54) is 16.9 Å². The Hall–Kier alpha value is -3.16. The van der Waals surface area contributed by atoms with Gasteiger partial charge in [0.05, 0.1) is 11.4 Å². The molecule has 0 aliphatic heterocycles. The zero-order valence-electron chi connectivity index (χ0n) is 17.1. The molecule has 0 radical (unpaired) electrons. The molecule has 1 N–H and O–H groups in total. The van der Waals surface area contributed by atoms with Crippen LogP contribution in [0, 0.1) is 13.8 Å². The van der Waals surface area contributed by atoms with Crippen LogP contribution in [0.25, 0.3) is 0 Å². The van der Waals surface area contributed by atoms with Crippen molar-refractivity contribution in [2.75, 3.05) is 5.32 Å². The number of benzene rings is 2. The van der Waals surface area contributed by atoms with Crippen molar-refractivity contribution in [1.29, 1.82) is 0 Å². The molecule has 4 aromatic rings. The highest BCUT2D eigenvalue weighted by Crippen LogP contribution is 2.22. The fourth-order valence-electron chi connectivity index (χ4n) is 3.11. The van der Waals surface area contributed by atoms with E-state index in [-0.39, 0.29) is 11.9 Å². The SMILES string of the molecule is Cc1ccc(OCc2csc(C(=O)Nc3ncn(Cc4cccc(Cl)c4)n3)c2)c(C)c1. The highest BCUT2D eigenvalue weighted by atomic mass is 35.5. The van der Waals surface area contributed by atoms with Gasteiger partial charge in [-0.25, -0.2) is 9.67 Å². The molecule has 1 amide bonds. The van der Waals surface area contributed by atoms with E-state index in [0.29, 0.717) is 23.1 Å². The maximum atomic E-state index is 12.6. The number of ether oxygens (including phenoxy) is 1. The predicted octanol–water partition coefficient (Wildman–Crippen LogP) is 5.49. The minimum atomic E-state index is -0.247. The zero-order valence-corrected chi connectivity index (χ0v) is 18.7. The molecular weight excluding hydrogens is 432 g/mol. The number of hydrogen-bond donors (Lipinski definition) is 1. The second-order valence-corrected chi connectivity index (χ2v) is 8.57. The van der Waals surface area contributed by atoms with Crippen molar-refractivity contribution in [3.8, 4) is 5.75 Å². The molecule has 0 spiro atoms. The maximum Gasteiger partial charge on any atom is 0.268 e. The van der Waals surface area contributed by atoms with E-state index in [4.69, 9.17) is 16.3 Å². The largest absolute Gasteiger partial charge is 0.489 e. The van der Waals surface area contributed by atoms with E-state index < -0.39 is 0 Å². The van der Waals surface area contributed by atoms with Crippen LogP contribution >= 0.6 is 22.9 Å². The Morgan fingerprint density at radius 1 is 1.16 bits per heavy atom. The van der Waals surface area contributed by atoms with Crippen molar-refractivity contribution in [3.05, 3.63) is 92.4 Å². The van der Waals surface area contributed by atoms with E-state index in [9.17, 15) is 4.79 Å². The Balaban J connectivity index is 1.34. The number of aromatic nitrogens is 3. The number of aryl methyl sites for hydroxylation is 2. The minimum absolute atomic E-state index is 0.247. The van der Waals surface area contributed by atoms with Crippen molar-refractivity contribution in [2.24, 2.45) is 0 Å². The van der Waals surface area contributed by atoms with Crippen molar-refractivity contribution >= 4 is 34.8 Å². The summed E-state index contributed by atoms with van der Waals surface area (Å²) in [5, 5.41) is 9.64. The van der Waals surface area contributed by atoms with Gasteiger partial charge in [-0.3, -0.25) is 10.1 Å². The standard InChI is InChI=1S/C23H21ClN4O2S/c1-15-6-7-20(16(2)8-15)30-12-18-10-21(31-13-18)22(29)26-23-25-14-28(27-23)11-17-4-3-5-19(24)9-17/h3-10,13-14H,11-12H2,1-2H3,(H,26,27,29). The summed E-state index contributed by atoms with van der Waals surface area (Å²) in [6.07, 6.45) is 1.58. The summed E-state index contributed by atoms with van der Waals surface area (Å²) in [7, 11) is 0. The molecule has 8 heteroatoms. The fraction of sp³-hybridized carbons (Fsp3) is 0.174. The highest BCUT2D eigenvalue weighted by Gasteiger charge is 2.13. The summed E-state index contributed by atoms with van der Waals surface area (Å²) < 4.78 is 7.55. The van der Waals surface area contributed by atoms with Gasteiger partial charge in [0.1, 0.15) is 18.7 Å². The van der Waals surface area contributed by atoms with E-state index in [2.05, 4.69) is 28.4 Å². The number of nitrogens with one attached hydrogen (secondary N) is 1. The first-order valence-electron chi connectivity index (χ1n) is 9.69. The molecular formula is C23H21ClN4O2S. The first kappa shape index (κ1) is 21.1. The normalized spacial score (nSPS) is 10.8. The Morgan fingerprint density at radius 2 is 2.03 bits per heavy atom. The lowest BCUT2D eigenvalue weighted by atomic mass is 10.1. The van der Waals surface area contributed by atoms with Crippen LogP contribution in [-0.4, -0.2) is 20.7 Å². The van der Waals surface area contributed by atoms with E-state index >= 15 is 0 Å². The second kappa shape index (κ2) is 9.32. The van der Waals surface area contributed by atoms with Crippen LogP contribution < -0.4 is 10.1 Å². The fourth-order valence-corrected chi connectivity index (χ4v) is 4.11. The Kier molecular flexibility index (Phi) is 6.34. The lowest BCUT2D eigenvalue weighted by Gasteiger charge is -2.08. The van der Waals surface area contributed by atoms with E-state index in [1.54, 1.807) is 11.0 Å². The average Bonchev–Trinajstić information content (AvgIpc) is 3.37. The van der Waals surface area contributed by atoms with Gasteiger partial charge in [-0.05, 0) is 54.6 Å². The van der Waals surface area contributed by atoms with Gasteiger partial charge >= 0.3 is 0 Å². The molecule has 0 bridgehead atoms. The lowest BCUT2D eigenvalue weighted by molar-refractivity contribution is 0.102. The van der Waals surface area contributed by atoms with Crippen molar-refractivity contribution in [1.82, 2.24) is 14.8 Å². The molecule has 0 fully saturated rings. The van der Waals surface area contributed by atoms with Gasteiger partial charge in [-0.15, -0.1) is 16.4 Å². The van der Waals surface area contributed by atoms with Crippen LogP contribution in [0.2, 0.25) is 5.02 Å². The van der Waals surface area contributed by atoms with Gasteiger partial charge in [0, 0.05) is 10.6 Å². The lowest BCUT2D eigenvalue weighted by Crippen LogP contribution is -2.12. The Labute approximate surface area is 189 Å². The molecule has 0 unspecified atom stereocenters. The van der Waals surface area contributed by atoms with Gasteiger partial charge in [-0.1, -0.05) is 41.4 Å². The smallest absolute Gasteiger partial charge is 0.268 e. The molecule has 0 aliphatic rings. The number of rotatable bonds is 7. The molecule has 158 valence electrons. The van der Waals surface area contributed by atoms with Gasteiger partial charge in [0.2, 0.25) is 5.95 Å². The first-order chi connectivity index (χ1) is 15.0. The third-order valence-electron chi connectivity index (χ3n) is 4.60. The zero-order chi connectivity index (χ0) is 21.8. The van der Waals surface area contributed by atoms with Gasteiger partial charge in [0.25, 0.3) is 5.91 Å². The molecule has 2 heterocycles. The van der Waals surface area contributed by atoms with E-state index in [1.807, 2.05) is 54.8 Å². The van der Waals surface area contributed by atoms with Gasteiger partial charge in [0.15, 0.2) is 0 Å². The quantitative estimate of drug-likeness (QED) is 0.402. The molecule has 4 rings (SSSR count). The van der Waals surface area contributed by atoms with Crippen molar-refractivity contribution < 1.29 is 9.53 Å². The third kappa shape index (κ3) is 5.51. The summed E-state index contributed by atoms with van der Waals surface area (Å²) in [4.78, 5) is 17.3. The molecule has 0 aliphatic carbocycles.